The molecule has 2 aliphatic rings. The van der Waals surface area contributed by atoms with E-state index in [1.807, 2.05) is 0 Å². The van der Waals surface area contributed by atoms with Crippen LogP contribution in [-0.2, 0) is 0 Å². The summed E-state index contributed by atoms with van der Waals surface area (Å²) in [6, 6.07) is 4.13. The monoisotopic (exact) mass is 343 g/mol. The van der Waals surface area contributed by atoms with Crippen LogP contribution in [0.25, 0.3) is 0 Å². The van der Waals surface area contributed by atoms with Gasteiger partial charge in [-0.1, -0.05) is 0 Å². The Bertz CT molecular complexity index is 677. The van der Waals surface area contributed by atoms with Crippen LogP contribution < -0.4 is 14.7 Å². The van der Waals surface area contributed by atoms with Crippen LogP contribution >= 0.6 is 0 Å². The minimum atomic E-state index is -0.411. The number of halogens is 1. The minimum absolute atomic E-state index is 0.411. The van der Waals surface area contributed by atoms with Crippen molar-refractivity contribution in [1.82, 2.24) is 20.2 Å². The summed E-state index contributed by atoms with van der Waals surface area (Å²) in [5.74, 6) is 2.04. The fourth-order valence-corrected chi connectivity index (χ4v) is 3.38. The zero-order chi connectivity index (χ0) is 17.1. The molecule has 8 heteroatoms. The van der Waals surface area contributed by atoms with Gasteiger partial charge in [0.15, 0.2) is 17.5 Å². The Labute approximate surface area is 146 Å². The second kappa shape index (κ2) is 7.16. The van der Waals surface area contributed by atoms with Crippen LogP contribution in [0, 0.1) is 5.82 Å². The summed E-state index contributed by atoms with van der Waals surface area (Å²) >= 11 is 0. The first-order valence-electron chi connectivity index (χ1n) is 8.86. The second-order valence-electron chi connectivity index (χ2n) is 6.47. The van der Waals surface area contributed by atoms with Gasteiger partial charge in [-0.2, -0.15) is 0 Å². The third-order valence-electron chi connectivity index (χ3n) is 4.81. The third-order valence-corrected chi connectivity index (χ3v) is 4.81. The minimum Gasteiger partial charge on any atom is -0.355 e. The Hall–Kier alpha value is -2.51. The summed E-state index contributed by atoms with van der Waals surface area (Å²) in [5, 5.41) is 8.84. The molecule has 0 unspecified atom stereocenters. The second-order valence-corrected chi connectivity index (χ2v) is 6.47. The van der Waals surface area contributed by atoms with E-state index < -0.39 is 5.82 Å². The van der Waals surface area contributed by atoms with Crippen LogP contribution in [0.2, 0.25) is 0 Å². The molecule has 2 aliphatic heterocycles. The highest BCUT2D eigenvalue weighted by Gasteiger charge is 2.21. The van der Waals surface area contributed by atoms with Crippen molar-refractivity contribution in [3.63, 3.8) is 0 Å². The molecular weight excluding hydrogens is 321 g/mol. The molecule has 0 amide bonds. The van der Waals surface area contributed by atoms with E-state index in [0.717, 1.165) is 50.9 Å². The van der Waals surface area contributed by atoms with E-state index in [9.17, 15) is 4.39 Å². The van der Waals surface area contributed by atoms with Crippen LogP contribution in [0.4, 0.5) is 22.0 Å². The maximum atomic E-state index is 12.9. The van der Waals surface area contributed by atoms with Crippen molar-refractivity contribution >= 4 is 17.6 Å². The van der Waals surface area contributed by atoms with Crippen LogP contribution in [0.5, 0.6) is 0 Å². The Morgan fingerprint density at radius 1 is 0.680 bits per heavy atom. The van der Waals surface area contributed by atoms with Crippen molar-refractivity contribution in [1.29, 1.82) is 0 Å². The Kier molecular flexibility index (Phi) is 4.58. The number of rotatable bonds is 3. The molecule has 0 atom stereocenters. The lowest BCUT2D eigenvalue weighted by atomic mass is 10.1. The molecule has 0 spiro atoms. The number of nitrogens with zero attached hydrogens (tertiary/aromatic N) is 7. The largest absolute Gasteiger partial charge is 0.355 e. The molecule has 4 rings (SSSR count). The van der Waals surface area contributed by atoms with E-state index in [0.29, 0.717) is 5.95 Å². The molecule has 0 aromatic carbocycles. The zero-order valence-corrected chi connectivity index (χ0v) is 14.2. The molecule has 0 saturated carbocycles. The van der Waals surface area contributed by atoms with Crippen molar-refractivity contribution in [3.8, 4) is 0 Å². The predicted octanol–water partition coefficient (Wildman–Crippen LogP) is 1.72. The van der Waals surface area contributed by atoms with Crippen LogP contribution in [0.3, 0.4) is 0 Å². The number of aromatic nitrogens is 4. The molecular formula is C17H22FN7. The van der Waals surface area contributed by atoms with E-state index in [2.05, 4.69) is 47.0 Å². The van der Waals surface area contributed by atoms with Crippen molar-refractivity contribution < 1.29 is 4.39 Å². The molecule has 2 saturated heterocycles. The molecule has 0 radical (unpaired) electrons. The predicted molar refractivity (Wildman–Crippen MR) is 94.5 cm³/mol. The standard InChI is InChI=1S/C17H22FN7/c18-14-12-19-17(20-13-14)25-10-8-24(9-11-25)16-5-4-15(21-22-16)23-6-2-1-3-7-23/h4-5,12-13H,1-3,6-11H2. The molecule has 0 aliphatic carbocycles. The van der Waals surface area contributed by atoms with E-state index in [1.165, 1.54) is 31.7 Å². The molecule has 2 fully saturated rings. The van der Waals surface area contributed by atoms with Crippen LogP contribution in [0.15, 0.2) is 24.5 Å². The normalized spacial score (nSPS) is 18.5. The number of hydrogen-bond donors (Lipinski definition) is 0. The molecule has 132 valence electrons. The molecule has 2 aromatic heterocycles. The van der Waals surface area contributed by atoms with Crippen molar-refractivity contribution in [3.05, 3.63) is 30.3 Å². The summed E-state index contributed by atoms with van der Waals surface area (Å²) in [5.41, 5.74) is 0. The smallest absolute Gasteiger partial charge is 0.225 e. The highest BCUT2D eigenvalue weighted by atomic mass is 19.1. The van der Waals surface area contributed by atoms with Gasteiger partial charge in [0.05, 0.1) is 12.4 Å². The lowest BCUT2D eigenvalue weighted by Gasteiger charge is -2.35. The average Bonchev–Trinajstić information content (AvgIpc) is 2.70. The highest BCUT2D eigenvalue weighted by molar-refractivity contribution is 5.46. The van der Waals surface area contributed by atoms with Gasteiger partial charge in [-0.15, -0.1) is 10.2 Å². The van der Waals surface area contributed by atoms with Crippen molar-refractivity contribution in [2.24, 2.45) is 0 Å². The maximum Gasteiger partial charge on any atom is 0.225 e. The fraction of sp³-hybridized carbons (Fsp3) is 0.529. The summed E-state index contributed by atoms with van der Waals surface area (Å²) in [4.78, 5) is 14.7. The quantitative estimate of drug-likeness (QED) is 0.841. The topological polar surface area (TPSA) is 61.3 Å². The maximum absolute atomic E-state index is 12.9. The molecule has 0 N–H and O–H groups in total. The number of piperidine rings is 1. The van der Waals surface area contributed by atoms with Gasteiger partial charge in [0.25, 0.3) is 0 Å². The third kappa shape index (κ3) is 3.62. The summed E-state index contributed by atoms with van der Waals surface area (Å²) in [6.45, 7) is 5.34. The summed E-state index contributed by atoms with van der Waals surface area (Å²) < 4.78 is 12.9. The van der Waals surface area contributed by atoms with Gasteiger partial charge in [0.1, 0.15) is 0 Å². The van der Waals surface area contributed by atoms with Gasteiger partial charge < -0.3 is 14.7 Å². The van der Waals surface area contributed by atoms with Gasteiger partial charge >= 0.3 is 0 Å². The Morgan fingerprint density at radius 2 is 1.20 bits per heavy atom. The first kappa shape index (κ1) is 16.0. The van der Waals surface area contributed by atoms with Gasteiger partial charge in [-0.25, -0.2) is 14.4 Å². The first-order chi connectivity index (χ1) is 12.3. The zero-order valence-electron chi connectivity index (χ0n) is 14.2. The Balaban J connectivity index is 1.36. The van der Waals surface area contributed by atoms with E-state index in [1.54, 1.807) is 0 Å². The first-order valence-corrected chi connectivity index (χ1v) is 8.86. The van der Waals surface area contributed by atoms with Crippen LogP contribution in [-0.4, -0.2) is 59.4 Å². The van der Waals surface area contributed by atoms with Crippen molar-refractivity contribution in [2.75, 3.05) is 54.0 Å². The molecule has 2 aromatic rings. The van der Waals surface area contributed by atoms with Gasteiger partial charge in [-0.05, 0) is 31.4 Å². The average molecular weight is 343 g/mol. The number of anilines is 3. The van der Waals surface area contributed by atoms with Gasteiger partial charge in [0, 0.05) is 39.3 Å². The molecule has 0 bridgehead atoms. The molecule has 7 nitrogen and oxygen atoms in total. The lowest BCUT2D eigenvalue weighted by molar-refractivity contribution is 0.570. The summed E-state index contributed by atoms with van der Waals surface area (Å²) in [7, 11) is 0. The van der Waals surface area contributed by atoms with E-state index in [-0.39, 0.29) is 0 Å². The number of piperazine rings is 1. The van der Waals surface area contributed by atoms with Crippen LogP contribution in [0.1, 0.15) is 19.3 Å². The lowest BCUT2D eigenvalue weighted by Crippen LogP contribution is -2.47. The summed E-state index contributed by atoms with van der Waals surface area (Å²) in [6.07, 6.45) is 6.19. The highest BCUT2D eigenvalue weighted by Crippen LogP contribution is 2.20. The molecule has 4 heterocycles. The fourth-order valence-electron chi connectivity index (χ4n) is 3.38. The van der Waals surface area contributed by atoms with Gasteiger partial charge in [-0.3, -0.25) is 0 Å². The molecule has 25 heavy (non-hydrogen) atoms. The van der Waals surface area contributed by atoms with E-state index in [4.69, 9.17) is 0 Å². The SMILES string of the molecule is Fc1cnc(N2CCN(c3ccc(N4CCCCC4)nn3)CC2)nc1. The Morgan fingerprint density at radius 3 is 1.76 bits per heavy atom. The number of hydrogen-bond acceptors (Lipinski definition) is 7. The van der Waals surface area contributed by atoms with Crippen molar-refractivity contribution in [2.45, 2.75) is 19.3 Å². The van der Waals surface area contributed by atoms with E-state index >= 15 is 0 Å². The van der Waals surface area contributed by atoms with Gasteiger partial charge in [0.2, 0.25) is 5.95 Å².